The molecule has 2 aliphatic heterocycles. The minimum Gasteiger partial charge on any atom is -0.508 e. The lowest BCUT2D eigenvalue weighted by Crippen LogP contribution is -2.44. The average molecular weight is 837 g/mol. The Morgan fingerprint density at radius 2 is 1.84 bits per heavy atom. The molecule has 2 aliphatic rings. The number of nitrogens with zero attached hydrogens (tertiary/aromatic N) is 8. The maximum Gasteiger partial charge on any atom is 0.343 e. The highest BCUT2D eigenvalue weighted by Gasteiger charge is 2.45. The molecule has 2 aromatic carbocycles. The summed E-state index contributed by atoms with van der Waals surface area (Å²) < 4.78 is 22.9. The van der Waals surface area contributed by atoms with E-state index < -0.39 is 11.6 Å². The topological polar surface area (TPSA) is 210 Å². The molecule has 1 amide bonds. The molecular formula is C46H46N10O6. The zero-order chi connectivity index (χ0) is 45.6. The van der Waals surface area contributed by atoms with Crippen molar-refractivity contribution in [3.8, 4) is 28.4 Å². The highest BCUT2D eigenvalue weighted by molar-refractivity contribution is 6.06. The summed E-state index contributed by atoms with van der Waals surface area (Å²) in [5, 5.41) is 28.9. The molecule has 4 N–H and O–H groups in total. The van der Waals surface area contributed by atoms with Crippen molar-refractivity contribution < 1.29 is 27.3 Å². The summed E-state index contributed by atoms with van der Waals surface area (Å²) in [5.41, 5.74) is 5.08. The first-order chi connectivity index (χ1) is 30.6. The van der Waals surface area contributed by atoms with Crippen LogP contribution in [0, 0.1) is 6.92 Å². The summed E-state index contributed by atoms with van der Waals surface area (Å²) in [4.78, 5) is 65.6. The largest absolute Gasteiger partial charge is 0.508 e. The predicted molar refractivity (Wildman–Crippen MR) is 233 cm³/mol. The van der Waals surface area contributed by atoms with Crippen molar-refractivity contribution >= 4 is 39.5 Å². The fourth-order valence-corrected chi connectivity index (χ4v) is 7.91. The molecule has 16 heteroatoms. The number of aromatic hydroxyl groups is 1. The van der Waals surface area contributed by atoms with Gasteiger partial charge in [0.25, 0.3) is 11.5 Å². The zero-order valence-electron chi connectivity index (χ0n) is 37.1. The van der Waals surface area contributed by atoms with Crippen molar-refractivity contribution in [1.29, 1.82) is 0 Å². The first-order valence-corrected chi connectivity index (χ1v) is 20.1. The van der Waals surface area contributed by atoms with E-state index >= 15 is 0 Å². The number of esters is 1. The van der Waals surface area contributed by atoms with Gasteiger partial charge in [0.2, 0.25) is 0 Å². The Morgan fingerprint density at radius 1 is 1.05 bits per heavy atom. The molecule has 7 aromatic rings. The Labute approximate surface area is 359 Å². The van der Waals surface area contributed by atoms with Gasteiger partial charge in [0.15, 0.2) is 5.60 Å². The molecule has 0 unspecified atom stereocenters. The number of ether oxygens (including phenoxy) is 1. The Balaban J connectivity index is 0.000000175. The third kappa shape index (κ3) is 7.58. The van der Waals surface area contributed by atoms with Crippen LogP contribution in [-0.2, 0) is 34.8 Å². The number of rotatable bonds is 9. The smallest absolute Gasteiger partial charge is 0.343 e. The average Bonchev–Trinajstić information content (AvgIpc) is 3.64. The molecule has 0 saturated heterocycles. The lowest BCUT2D eigenvalue weighted by atomic mass is 9.86. The normalized spacial score (nSPS) is 16.0. The Morgan fingerprint density at radius 3 is 2.58 bits per heavy atom. The van der Waals surface area contributed by atoms with Crippen LogP contribution in [0.1, 0.15) is 72.9 Å². The molecule has 5 aromatic heterocycles. The fourth-order valence-electron chi connectivity index (χ4n) is 7.91. The molecule has 0 spiro atoms. The second-order valence-corrected chi connectivity index (χ2v) is 15.6. The number of aryl methyl sites for hydroxylation is 1. The van der Waals surface area contributed by atoms with Crippen LogP contribution in [0.3, 0.4) is 0 Å². The first-order valence-electron chi connectivity index (χ1n) is 21.1. The number of carbonyl (C=O) groups excluding carboxylic acids is 2. The Kier molecular flexibility index (Phi) is 10.5. The Hall–Kier alpha value is -7.17. The third-order valence-electron chi connectivity index (χ3n) is 11.2. The second-order valence-electron chi connectivity index (χ2n) is 15.6. The van der Waals surface area contributed by atoms with E-state index in [2.05, 4.69) is 42.5 Å². The molecule has 2 atom stereocenters. The lowest BCUT2D eigenvalue weighted by Gasteiger charge is -2.31. The third-order valence-corrected chi connectivity index (χ3v) is 11.2. The summed E-state index contributed by atoms with van der Waals surface area (Å²) in [7, 11) is 5.46. The van der Waals surface area contributed by atoms with Gasteiger partial charge in [0.1, 0.15) is 30.3 Å². The number of carbonyl (C=O) groups is 2. The van der Waals surface area contributed by atoms with Crippen molar-refractivity contribution in [2.45, 2.75) is 58.4 Å². The van der Waals surface area contributed by atoms with Crippen molar-refractivity contribution in [2.24, 2.45) is 0 Å². The molecule has 316 valence electrons. The number of aliphatic hydroxyl groups is 1. The van der Waals surface area contributed by atoms with E-state index in [1.54, 1.807) is 62.0 Å². The van der Waals surface area contributed by atoms with E-state index in [4.69, 9.17) is 12.5 Å². The van der Waals surface area contributed by atoms with Gasteiger partial charge >= 0.3 is 5.97 Å². The van der Waals surface area contributed by atoms with Crippen molar-refractivity contribution in [3.63, 3.8) is 0 Å². The highest BCUT2D eigenvalue weighted by Crippen LogP contribution is 2.40. The number of hydrogen-bond acceptors (Lipinski definition) is 14. The van der Waals surface area contributed by atoms with Gasteiger partial charge < -0.3 is 35.1 Å². The number of hydrogen-bond donors (Lipinski definition) is 4. The van der Waals surface area contributed by atoms with E-state index in [1.165, 1.54) is 6.33 Å². The monoisotopic (exact) mass is 836 g/mol. The van der Waals surface area contributed by atoms with Crippen LogP contribution in [0.5, 0.6) is 5.75 Å². The molecule has 7 heterocycles. The number of anilines is 1. The van der Waals surface area contributed by atoms with E-state index in [9.17, 15) is 24.6 Å². The van der Waals surface area contributed by atoms with E-state index in [0.29, 0.717) is 70.6 Å². The summed E-state index contributed by atoms with van der Waals surface area (Å²) >= 11 is 0. The molecule has 0 saturated carbocycles. The van der Waals surface area contributed by atoms with Gasteiger partial charge in [-0.1, -0.05) is 32.0 Å². The maximum absolute atomic E-state index is 13.2. The van der Waals surface area contributed by atoms with Gasteiger partial charge in [-0.05, 0) is 63.3 Å². The van der Waals surface area contributed by atoms with Crippen molar-refractivity contribution in [2.75, 3.05) is 33.0 Å². The zero-order valence-corrected chi connectivity index (χ0v) is 35.1. The molecule has 0 bridgehead atoms. The molecule has 0 aliphatic carbocycles. The SMILES string of the molecule is CC[C@@]1(O)C(=O)OCc2c1cc1n(c2=O)Cc2cc3c(CN(C)C)c(O)ccc3nc2-1.[2H]c1nc(C)nc([2H])c1-c1cc(NC[C@@H](C)c2cccc3c(C(=O)NC)ccnc23)ncn1. The number of amides is 1. The first kappa shape index (κ1) is 39.0. The van der Waals surface area contributed by atoms with Crippen LogP contribution < -0.4 is 16.2 Å². The highest BCUT2D eigenvalue weighted by atomic mass is 16.6. The minimum absolute atomic E-state index is 0.0423. The number of para-hydroxylation sites is 1. The molecular weight excluding hydrogens is 789 g/mol. The summed E-state index contributed by atoms with van der Waals surface area (Å²) in [6.07, 6.45) is 3.05. The standard InChI is InChI=1S/C23H23N7O.C23H23N3O5/c1-14(17-5-4-6-18-19(23(31)24-3)7-8-25-22(17)18)10-28-21-9-20(29-13-30-21)16-11-26-15(2)27-12-16;1-4-23(30)16-8-18-20-12(9-26(18)21(28)15(16)11-31-22(23)29)7-13-14(10-25(2)3)19(27)6-5-17(13)24-20/h4-9,11-14H,10H2,1-3H3,(H,24,31)(H,28,29,30);5-8,27,30H,4,9-11H2,1-3H3/t14-;23-/m10/s1/i11D,12D;. The predicted octanol–water partition coefficient (Wildman–Crippen LogP) is 5.21. The second kappa shape index (κ2) is 16.7. The fraction of sp³-hybridized carbons (Fsp3) is 0.283. The molecule has 0 radical (unpaired) electrons. The molecule has 9 rings (SSSR count). The number of aromatic nitrogens is 7. The van der Waals surface area contributed by atoms with E-state index in [-0.39, 0.29) is 54.1 Å². The van der Waals surface area contributed by atoms with Crippen LogP contribution >= 0.6 is 0 Å². The van der Waals surface area contributed by atoms with Crippen LogP contribution in [0.25, 0.3) is 44.5 Å². The van der Waals surface area contributed by atoms with Gasteiger partial charge in [-0.3, -0.25) is 14.6 Å². The van der Waals surface area contributed by atoms with E-state index in [0.717, 1.165) is 33.0 Å². The maximum atomic E-state index is 13.2. The number of cyclic esters (lactones) is 1. The van der Waals surface area contributed by atoms with E-state index in [1.807, 2.05) is 43.3 Å². The molecule has 0 fully saturated rings. The van der Waals surface area contributed by atoms with Crippen LogP contribution in [0.15, 0.2) is 84.3 Å². The number of fused-ring (bicyclic) bond motifs is 6. The van der Waals surface area contributed by atoms with Crippen molar-refractivity contribution in [1.82, 2.24) is 44.7 Å². The van der Waals surface area contributed by atoms with Crippen molar-refractivity contribution in [3.05, 3.63) is 129 Å². The quantitative estimate of drug-likeness (QED) is 0.138. The number of pyridine rings is 3. The van der Waals surface area contributed by atoms with Gasteiger partial charge in [0, 0.05) is 83.7 Å². The summed E-state index contributed by atoms with van der Waals surface area (Å²) in [6.45, 7) is 6.67. The number of nitrogens with one attached hydrogen (secondary N) is 2. The minimum atomic E-state index is -1.84. The van der Waals surface area contributed by atoms with Gasteiger partial charge in [0.05, 0.1) is 48.5 Å². The van der Waals surface area contributed by atoms with Gasteiger partial charge in [-0.2, -0.15) is 0 Å². The van der Waals surface area contributed by atoms with Gasteiger partial charge in [-0.25, -0.2) is 29.7 Å². The van der Waals surface area contributed by atoms with Gasteiger partial charge in [-0.15, -0.1) is 0 Å². The summed E-state index contributed by atoms with van der Waals surface area (Å²) in [5.74, 6) is 0.306. The number of phenols is 1. The molecule has 62 heavy (non-hydrogen) atoms. The van der Waals surface area contributed by atoms with Crippen LogP contribution in [0.2, 0.25) is 0 Å². The number of benzene rings is 2. The lowest BCUT2D eigenvalue weighted by molar-refractivity contribution is -0.172. The number of phenolic OH excluding ortho intramolecular Hbond substituents is 1. The Bertz CT molecular complexity index is 3070. The van der Waals surface area contributed by atoms with Crippen LogP contribution in [-0.4, -0.2) is 89.1 Å². The van der Waals surface area contributed by atoms with Crippen LogP contribution in [0.4, 0.5) is 5.82 Å². The summed E-state index contributed by atoms with van der Waals surface area (Å²) in [6, 6.07) is 16.3. The molecule has 16 nitrogen and oxygen atoms in total.